The molecular weight excluding hydrogens is 302 g/mol. The first-order valence-corrected chi connectivity index (χ1v) is 7.03. The third kappa shape index (κ3) is 5.95. The molecule has 8 nitrogen and oxygen atoms in total. The molecule has 0 heterocycles. The highest BCUT2D eigenvalue weighted by Gasteiger charge is 2.30. The SMILES string of the molecule is CC(C)NC(=O)Nc1ccc(C(=O)NCC(C)(O)C(=O)O)cc1. The first-order chi connectivity index (χ1) is 10.6. The molecule has 126 valence electrons. The highest BCUT2D eigenvalue weighted by Crippen LogP contribution is 2.10. The molecule has 1 atom stereocenters. The summed E-state index contributed by atoms with van der Waals surface area (Å²) in [4.78, 5) is 34.2. The maximum absolute atomic E-state index is 11.9. The molecule has 0 bridgehead atoms. The number of carbonyl (C=O) groups excluding carboxylic acids is 2. The van der Waals surface area contributed by atoms with Gasteiger partial charge in [0.2, 0.25) is 0 Å². The zero-order chi connectivity index (χ0) is 17.6. The lowest BCUT2D eigenvalue weighted by Gasteiger charge is -2.18. The van der Waals surface area contributed by atoms with E-state index in [4.69, 9.17) is 5.11 Å². The minimum Gasteiger partial charge on any atom is -0.479 e. The van der Waals surface area contributed by atoms with Gasteiger partial charge < -0.3 is 26.2 Å². The van der Waals surface area contributed by atoms with Crippen molar-refractivity contribution in [2.24, 2.45) is 0 Å². The predicted molar refractivity (Wildman–Crippen MR) is 84.3 cm³/mol. The number of aliphatic hydroxyl groups is 1. The number of anilines is 1. The number of benzene rings is 1. The zero-order valence-electron chi connectivity index (χ0n) is 13.2. The predicted octanol–water partition coefficient (Wildman–Crippen LogP) is 0.782. The van der Waals surface area contributed by atoms with E-state index in [9.17, 15) is 19.5 Å². The maximum atomic E-state index is 11.9. The summed E-state index contributed by atoms with van der Waals surface area (Å²) in [5.41, 5.74) is -1.25. The first-order valence-electron chi connectivity index (χ1n) is 7.03. The van der Waals surface area contributed by atoms with E-state index in [2.05, 4.69) is 16.0 Å². The molecule has 8 heteroatoms. The molecule has 23 heavy (non-hydrogen) atoms. The van der Waals surface area contributed by atoms with Crippen LogP contribution >= 0.6 is 0 Å². The third-order valence-corrected chi connectivity index (χ3v) is 2.88. The Morgan fingerprint density at radius 1 is 1.17 bits per heavy atom. The summed E-state index contributed by atoms with van der Waals surface area (Å²) >= 11 is 0. The Bertz CT molecular complexity index is 581. The lowest BCUT2D eigenvalue weighted by molar-refractivity contribution is -0.155. The summed E-state index contributed by atoms with van der Waals surface area (Å²) in [5, 5.41) is 25.9. The van der Waals surface area contributed by atoms with Gasteiger partial charge in [0.15, 0.2) is 5.60 Å². The van der Waals surface area contributed by atoms with Gasteiger partial charge in [-0.3, -0.25) is 4.79 Å². The summed E-state index contributed by atoms with van der Waals surface area (Å²) in [7, 11) is 0. The number of urea groups is 1. The number of hydrogen-bond donors (Lipinski definition) is 5. The monoisotopic (exact) mass is 323 g/mol. The van der Waals surface area contributed by atoms with Gasteiger partial charge >= 0.3 is 12.0 Å². The van der Waals surface area contributed by atoms with Gasteiger partial charge in [-0.05, 0) is 45.0 Å². The standard InChI is InChI=1S/C15H21N3O5/c1-9(2)17-14(22)18-11-6-4-10(5-7-11)12(19)16-8-15(3,23)13(20)21/h4-7,9,23H,8H2,1-3H3,(H,16,19)(H,20,21)(H2,17,18,22). The maximum Gasteiger partial charge on any atom is 0.337 e. The summed E-state index contributed by atoms with van der Waals surface area (Å²) in [6, 6.07) is 5.71. The molecule has 5 N–H and O–H groups in total. The molecule has 0 saturated heterocycles. The van der Waals surface area contributed by atoms with Crippen LogP contribution in [0.3, 0.4) is 0 Å². The van der Waals surface area contributed by atoms with E-state index in [0.717, 1.165) is 6.92 Å². The Balaban J connectivity index is 2.61. The van der Waals surface area contributed by atoms with E-state index in [0.29, 0.717) is 5.69 Å². The van der Waals surface area contributed by atoms with Crippen LogP contribution in [0.2, 0.25) is 0 Å². The highest BCUT2D eigenvalue weighted by atomic mass is 16.4. The van der Waals surface area contributed by atoms with Crippen LogP contribution in [0.1, 0.15) is 31.1 Å². The number of carboxylic acid groups (broad SMARTS) is 1. The largest absolute Gasteiger partial charge is 0.479 e. The second-order valence-corrected chi connectivity index (χ2v) is 5.59. The van der Waals surface area contributed by atoms with Gasteiger partial charge in [0, 0.05) is 17.3 Å². The number of aliphatic carboxylic acids is 1. The van der Waals surface area contributed by atoms with Crippen molar-refractivity contribution >= 4 is 23.6 Å². The highest BCUT2D eigenvalue weighted by molar-refractivity contribution is 5.96. The molecule has 0 saturated carbocycles. The summed E-state index contributed by atoms with van der Waals surface area (Å²) in [6.45, 7) is 4.34. The smallest absolute Gasteiger partial charge is 0.337 e. The minimum absolute atomic E-state index is 0.00192. The Kier molecular flexibility index (Phi) is 6.09. The second kappa shape index (κ2) is 7.59. The van der Waals surface area contributed by atoms with Gasteiger partial charge in [-0.15, -0.1) is 0 Å². The quantitative estimate of drug-likeness (QED) is 0.528. The zero-order valence-corrected chi connectivity index (χ0v) is 13.2. The van der Waals surface area contributed by atoms with E-state index in [-0.39, 0.29) is 17.6 Å². The molecule has 0 spiro atoms. The van der Waals surface area contributed by atoms with Crippen molar-refractivity contribution in [2.45, 2.75) is 32.4 Å². The number of nitrogens with one attached hydrogen (secondary N) is 3. The average Bonchev–Trinajstić information content (AvgIpc) is 2.44. The normalized spacial score (nSPS) is 13.1. The Hall–Kier alpha value is -2.61. The second-order valence-electron chi connectivity index (χ2n) is 5.59. The van der Waals surface area contributed by atoms with Crippen LogP contribution in [0.15, 0.2) is 24.3 Å². The molecule has 0 aliphatic heterocycles. The van der Waals surface area contributed by atoms with Gasteiger partial charge in [0.05, 0.1) is 6.54 Å². The average molecular weight is 323 g/mol. The summed E-state index contributed by atoms with van der Waals surface area (Å²) in [6.07, 6.45) is 0. The van der Waals surface area contributed by atoms with Crippen LogP contribution in [0, 0.1) is 0 Å². The van der Waals surface area contributed by atoms with Crippen molar-refractivity contribution in [3.05, 3.63) is 29.8 Å². The van der Waals surface area contributed by atoms with Crippen LogP contribution in [-0.2, 0) is 4.79 Å². The number of carboxylic acids is 1. The fourth-order valence-electron chi connectivity index (χ4n) is 1.56. The lowest BCUT2D eigenvalue weighted by Crippen LogP contribution is -2.46. The molecule has 0 radical (unpaired) electrons. The molecule has 0 aliphatic carbocycles. The Morgan fingerprint density at radius 3 is 2.22 bits per heavy atom. The van der Waals surface area contributed by atoms with Crippen molar-refractivity contribution in [1.29, 1.82) is 0 Å². The van der Waals surface area contributed by atoms with E-state index >= 15 is 0 Å². The fraction of sp³-hybridized carbons (Fsp3) is 0.400. The molecule has 0 aliphatic rings. The minimum atomic E-state index is -2.04. The van der Waals surface area contributed by atoms with E-state index in [1.54, 1.807) is 12.1 Å². The van der Waals surface area contributed by atoms with Gasteiger partial charge in [-0.2, -0.15) is 0 Å². The molecule has 0 aromatic heterocycles. The van der Waals surface area contributed by atoms with E-state index in [1.807, 2.05) is 13.8 Å². The molecule has 1 aromatic carbocycles. The van der Waals surface area contributed by atoms with Crippen molar-refractivity contribution in [1.82, 2.24) is 10.6 Å². The van der Waals surface area contributed by atoms with Crippen molar-refractivity contribution in [3.8, 4) is 0 Å². The van der Waals surface area contributed by atoms with Crippen LogP contribution in [-0.4, -0.2) is 46.3 Å². The number of carbonyl (C=O) groups is 3. The lowest BCUT2D eigenvalue weighted by atomic mass is 10.1. The summed E-state index contributed by atoms with van der Waals surface area (Å²) in [5.74, 6) is -1.95. The number of rotatable bonds is 6. The van der Waals surface area contributed by atoms with Gasteiger partial charge in [0.1, 0.15) is 0 Å². The summed E-state index contributed by atoms with van der Waals surface area (Å²) < 4.78 is 0. The van der Waals surface area contributed by atoms with Crippen molar-refractivity contribution in [3.63, 3.8) is 0 Å². The van der Waals surface area contributed by atoms with Crippen LogP contribution in [0.4, 0.5) is 10.5 Å². The van der Waals surface area contributed by atoms with Gasteiger partial charge in [0.25, 0.3) is 5.91 Å². The molecule has 0 fully saturated rings. The Labute approximate surface area is 133 Å². The Morgan fingerprint density at radius 2 is 1.74 bits per heavy atom. The van der Waals surface area contributed by atoms with E-state index in [1.165, 1.54) is 12.1 Å². The van der Waals surface area contributed by atoms with Crippen molar-refractivity contribution < 1.29 is 24.6 Å². The van der Waals surface area contributed by atoms with Crippen LogP contribution < -0.4 is 16.0 Å². The molecular formula is C15H21N3O5. The van der Waals surface area contributed by atoms with Gasteiger partial charge in [-0.25, -0.2) is 9.59 Å². The fourth-order valence-corrected chi connectivity index (χ4v) is 1.56. The third-order valence-electron chi connectivity index (χ3n) is 2.88. The van der Waals surface area contributed by atoms with Crippen LogP contribution in [0.5, 0.6) is 0 Å². The first kappa shape index (κ1) is 18.4. The molecule has 1 unspecified atom stereocenters. The van der Waals surface area contributed by atoms with Gasteiger partial charge in [-0.1, -0.05) is 0 Å². The number of hydrogen-bond acceptors (Lipinski definition) is 4. The number of amides is 3. The topological polar surface area (TPSA) is 128 Å². The van der Waals surface area contributed by atoms with E-state index < -0.39 is 24.0 Å². The molecule has 3 amide bonds. The van der Waals surface area contributed by atoms with Crippen LogP contribution in [0.25, 0.3) is 0 Å². The molecule has 1 rings (SSSR count). The molecule has 1 aromatic rings. The van der Waals surface area contributed by atoms with Crippen molar-refractivity contribution in [2.75, 3.05) is 11.9 Å².